The number of carbonyl (C=O) groups is 1. The number of aromatic amines is 1. The first-order valence-corrected chi connectivity index (χ1v) is 5.60. The van der Waals surface area contributed by atoms with Gasteiger partial charge in [0.05, 0.1) is 5.54 Å². The van der Waals surface area contributed by atoms with Crippen LogP contribution in [0.3, 0.4) is 0 Å². The molecule has 0 spiro atoms. The summed E-state index contributed by atoms with van der Waals surface area (Å²) in [5, 5.41) is 9.68. The molecule has 0 aliphatic heterocycles. The van der Waals surface area contributed by atoms with Crippen molar-refractivity contribution in [1.82, 2.24) is 15.5 Å². The van der Waals surface area contributed by atoms with Gasteiger partial charge in [-0.3, -0.25) is 9.89 Å². The quantitative estimate of drug-likeness (QED) is 0.696. The number of nitrogens with one attached hydrogen (secondary N) is 2. The third-order valence-electron chi connectivity index (χ3n) is 3.24. The first kappa shape index (κ1) is 11.1. The van der Waals surface area contributed by atoms with Crippen LogP contribution in [0.1, 0.15) is 35.9 Å². The molecule has 4 N–H and O–H groups in total. The number of rotatable bonds is 4. The van der Waals surface area contributed by atoms with Gasteiger partial charge in [0, 0.05) is 12.2 Å². The van der Waals surface area contributed by atoms with E-state index >= 15 is 0 Å². The Morgan fingerprint density at radius 2 is 2.44 bits per heavy atom. The Morgan fingerprint density at radius 3 is 2.88 bits per heavy atom. The Balaban J connectivity index is 2.06. The minimum Gasteiger partial charge on any atom is -0.344 e. The lowest BCUT2D eigenvalue weighted by Gasteiger charge is -2.29. The van der Waals surface area contributed by atoms with Crippen molar-refractivity contribution in [2.75, 3.05) is 6.54 Å². The summed E-state index contributed by atoms with van der Waals surface area (Å²) in [5.41, 5.74) is 6.76. The van der Waals surface area contributed by atoms with Crippen LogP contribution in [0.5, 0.6) is 0 Å². The number of aryl methyl sites for hydroxylation is 1. The Labute approximate surface area is 94.8 Å². The molecule has 1 fully saturated rings. The number of hydrogen-bond acceptors (Lipinski definition) is 3. The van der Waals surface area contributed by atoms with Crippen LogP contribution in [0.4, 0.5) is 0 Å². The maximum Gasteiger partial charge on any atom is 0.272 e. The second-order valence-corrected chi connectivity index (χ2v) is 4.79. The Morgan fingerprint density at radius 1 is 1.75 bits per heavy atom. The van der Waals surface area contributed by atoms with Crippen LogP contribution in [-0.4, -0.2) is 28.2 Å². The third-order valence-corrected chi connectivity index (χ3v) is 3.24. The second kappa shape index (κ2) is 3.90. The molecule has 2 rings (SSSR count). The predicted molar refractivity (Wildman–Crippen MR) is 61.0 cm³/mol. The van der Waals surface area contributed by atoms with Crippen molar-refractivity contribution in [3.8, 4) is 0 Å². The standard InChI is InChI=1S/C11H18N4O/c1-7-5-9(15-14-7)10(16)13-11(2,6-12)8-3-4-8/h5,8H,3-4,6,12H2,1-2H3,(H,13,16)(H,14,15). The SMILES string of the molecule is Cc1cc(C(=O)NC(C)(CN)C2CC2)n[nH]1. The number of nitrogens with two attached hydrogens (primary N) is 1. The summed E-state index contributed by atoms with van der Waals surface area (Å²) in [6, 6.07) is 1.74. The molecule has 0 saturated heterocycles. The van der Waals surface area contributed by atoms with Crippen LogP contribution >= 0.6 is 0 Å². The van der Waals surface area contributed by atoms with Crippen LogP contribution in [0.2, 0.25) is 0 Å². The van der Waals surface area contributed by atoms with Gasteiger partial charge in [-0.2, -0.15) is 5.10 Å². The topological polar surface area (TPSA) is 83.8 Å². The molecule has 88 valence electrons. The van der Waals surface area contributed by atoms with E-state index in [0.717, 1.165) is 18.5 Å². The van der Waals surface area contributed by atoms with E-state index < -0.39 is 0 Å². The number of hydrogen-bond donors (Lipinski definition) is 3. The molecule has 0 bridgehead atoms. The summed E-state index contributed by atoms with van der Waals surface area (Å²) in [6.07, 6.45) is 2.29. The molecule has 1 heterocycles. The van der Waals surface area contributed by atoms with Gasteiger partial charge in [-0.15, -0.1) is 0 Å². The van der Waals surface area contributed by atoms with Crippen molar-refractivity contribution >= 4 is 5.91 Å². The average molecular weight is 222 g/mol. The van der Waals surface area contributed by atoms with Crippen molar-refractivity contribution in [3.05, 3.63) is 17.5 Å². The van der Waals surface area contributed by atoms with E-state index in [2.05, 4.69) is 15.5 Å². The molecular formula is C11H18N4O. The van der Waals surface area contributed by atoms with Gasteiger partial charge >= 0.3 is 0 Å². The fraction of sp³-hybridized carbons (Fsp3) is 0.636. The van der Waals surface area contributed by atoms with E-state index in [4.69, 9.17) is 5.73 Å². The second-order valence-electron chi connectivity index (χ2n) is 4.79. The van der Waals surface area contributed by atoms with Gasteiger partial charge in [0.25, 0.3) is 5.91 Å². The molecule has 16 heavy (non-hydrogen) atoms. The lowest BCUT2D eigenvalue weighted by molar-refractivity contribution is 0.0892. The zero-order valence-electron chi connectivity index (χ0n) is 9.71. The smallest absolute Gasteiger partial charge is 0.272 e. The monoisotopic (exact) mass is 222 g/mol. The van der Waals surface area contributed by atoms with Crippen LogP contribution in [0.25, 0.3) is 0 Å². The fourth-order valence-corrected chi connectivity index (χ4v) is 1.90. The summed E-state index contributed by atoms with van der Waals surface area (Å²) in [4.78, 5) is 11.9. The van der Waals surface area contributed by atoms with Crippen LogP contribution < -0.4 is 11.1 Å². The highest BCUT2D eigenvalue weighted by Gasteiger charge is 2.41. The van der Waals surface area contributed by atoms with Crippen molar-refractivity contribution in [2.45, 2.75) is 32.2 Å². The third kappa shape index (κ3) is 2.09. The molecule has 1 saturated carbocycles. The fourth-order valence-electron chi connectivity index (χ4n) is 1.90. The zero-order chi connectivity index (χ0) is 11.8. The molecule has 1 unspecified atom stereocenters. The summed E-state index contributed by atoms with van der Waals surface area (Å²) in [6.45, 7) is 4.34. The average Bonchev–Trinajstić information content (AvgIpc) is 3.02. The molecule has 1 aliphatic rings. The Hall–Kier alpha value is -1.36. The molecule has 1 aliphatic carbocycles. The van der Waals surface area contributed by atoms with Gasteiger partial charge in [0.2, 0.25) is 0 Å². The van der Waals surface area contributed by atoms with Gasteiger partial charge < -0.3 is 11.1 Å². The predicted octanol–water partition coefficient (Wildman–Crippen LogP) is 0.575. The lowest BCUT2D eigenvalue weighted by atomic mass is 9.96. The van der Waals surface area contributed by atoms with Gasteiger partial charge in [-0.1, -0.05) is 0 Å². The first-order chi connectivity index (χ1) is 7.55. The Kier molecular flexibility index (Phi) is 2.71. The molecule has 1 atom stereocenters. The summed E-state index contributed by atoms with van der Waals surface area (Å²) < 4.78 is 0. The number of aromatic nitrogens is 2. The summed E-state index contributed by atoms with van der Waals surface area (Å²) in [7, 11) is 0. The van der Waals surface area contributed by atoms with E-state index in [1.165, 1.54) is 0 Å². The number of carbonyl (C=O) groups excluding carboxylic acids is 1. The van der Waals surface area contributed by atoms with Crippen molar-refractivity contribution < 1.29 is 4.79 Å². The highest BCUT2D eigenvalue weighted by atomic mass is 16.2. The van der Waals surface area contributed by atoms with Crippen LogP contribution in [0.15, 0.2) is 6.07 Å². The summed E-state index contributed by atoms with van der Waals surface area (Å²) >= 11 is 0. The van der Waals surface area contributed by atoms with Crippen molar-refractivity contribution in [3.63, 3.8) is 0 Å². The Bertz CT molecular complexity index is 396. The molecule has 5 nitrogen and oxygen atoms in total. The number of nitrogens with zero attached hydrogens (tertiary/aromatic N) is 1. The minimum absolute atomic E-state index is 0.149. The van der Waals surface area contributed by atoms with E-state index in [1.807, 2.05) is 13.8 Å². The van der Waals surface area contributed by atoms with Gasteiger partial charge in [-0.05, 0) is 38.7 Å². The van der Waals surface area contributed by atoms with E-state index in [-0.39, 0.29) is 11.4 Å². The highest BCUT2D eigenvalue weighted by Crippen LogP contribution is 2.39. The maximum atomic E-state index is 11.9. The largest absolute Gasteiger partial charge is 0.344 e. The zero-order valence-corrected chi connectivity index (χ0v) is 9.71. The first-order valence-electron chi connectivity index (χ1n) is 5.60. The molecule has 1 amide bonds. The van der Waals surface area contributed by atoms with Crippen molar-refractivity contribution in [1.29, 1.82) is 0 Å². The van der Waals surface area contributed by atoms with E-state index in [0.29, 0.717) is 18.2 Å². The van der Waals surface area contributed by atoms with Crippen molar-refractivity contribution in [2.24, 2.45) is 11.7 Å². The van der Waals surface area contributed by atoms with Crippen LogP contribution in [-0.2, 0) is 0 Å². The normalized spacial score (nSPS) is 19.2. The molecule has 0 radical (unpaired) electrons. The van der Waals surface area contributed by atoms with Gasteiger partial charge in [0.1, 0.15) is 5.69 Å². The van der Waals surface area contributed by atoms with E-state index in [9.17, 15) is 4.79 Å². The molecule has 0 aromatic carbocycles. The molecular weight excluding hydrogens is 204 g/mol. The molecule has 1 aromatic heterocycles. The summed E-state index contributed by atoms with van der Waals surface area (Å²) in [5.74, 6) is 0.366. The molecule has 5 heteroatoms. The van der Waals surface area contributed by atoms with Gasteiger partial charge in [0.15, 0.2) is 0 Å². The van der Waals surface area contributed by atoms with E-state index in [1.54, 1.807) is 6.07 Å². The lowest BCUT2D eigenvalue weighted by Crippen LogP contribution is -2.53. The maximum absolute atomic E-state index is 11.9. The number of amides is 1. The minimum atomic E-state index is -0.288. The molecule has 1 aromatic rings. The van der Waals surface area contributed by atoms with Crippen LogP contribution in [0, 0.1) is 12.8 Å². The number of H-pyrrole nitrogens is 1. The van der Waals surface area contributed by atoms with Gasteiger partial charge in [-0.25, -0.2) is 0 Å². The highest BCUT2D eigenvalue weighted by molar-refractivity contribution is 5.92.